The molecule has 62 heavy (non-hydrogen) atoms. The van der Waals surface area contributed by atoms with E-state index in [0.717, 1.165) is 16.5 Å². The van der Waals surface area contributed by atoms with E-state index in [9.17, 15) is 18.8 Å². The van der Waals surface area contributed by atoms with Gasteiger partial charge in [-0.15, -0.1) is 0 Å². The number of benzene rings is 4. The number of unbranched alkanes of at least 4 members (excludes halogenated alkanes) is 2. The molecule has 14 heteroatoms. The van der Waals surface area contributed by atoms with Gasteiger partial charge in [-0.2, -0.15) is 5.10 Å². The molecule has 8 rings (SSSR count). The van der Waals surface area contributed by atoms with Crippen molar-refractivity contribution in [1.82, 2.24) is 29.9 Å². The lowest BCUT2D eigenvalue weighted by molar-refractivity contribution is -0.132. The highest BCUT2D eigenvalue weighted by Gasteiger charge is 2.41. The molecule has 2 aromatic heterocycles. The van der Waals surface area contributed by atoms with Crippen LogP contribution >= 0.6 is 0 Å². The van der Waals surface area contributed by atoms with Crippen LogP contribution in [0.3, 0.4) is 0 Å². The van der Waals surface area contributed by atoms with E-state index in [1.54, 1.807) is 34.1 Å². The number of aromatic amines is 2. The number of hydrogen-bond acceptors (Lipinski definition) is 6. The molecule has 6 aromatic rings. The maximum absolute atomic E-state index is 16.0. The van der Waals surface area contributed by atoms with Crippen LogP contribution in [0, 0.1) is 17.5 Å². The fourth-order valence-corrected chi connectivity index (χ4v) is 8.98. The van der Waals surface area contributed by atoms with E-state index in [2.05, 4.69) is 15.2 Å². The number of carbonyl (C=O) groups is 2. The second kappa shape index (κ2) is 17.8. The van der Waals surface area contributed by atoms with E-state index in [4.69, 9.17) is 4.74 Å². The molecule has 10 nitrogen and oxygen atoms in total. The number of rotatable bonds is 13. The molecule has 0 spiro atoms. The number of fused-ring (bicyclic) bond motifs is 4. The lowest BCUT2D eigenvalue weighted by atomic mass is 9.87. The topological polar surface area (TPSA) is 115 Å². The van der Waals surface area contributed by atoms with Gasteiger partial charge in [0, 0.05) is 91.3 Å². The van der Waals surface area contributed by atoms with Crippen LogP contribution < -0.4 is 10.3 Å². The number of hydrogen-bond donors (Lipinski definition) is 2. The van der Waals surface area contributed by atoms with Crippen LogP contribution in [-0.4, -0.2) is 92.7 Å². The zero-order chi connectivity index (χ0) is 43.7. The number of halogens is 4. The van der Waals surface area contributed by atoms with Gasteiger partial charge in [-0.1, -0.05) is 42.5 Å². The number of nitrogens with zero attached hydrogens (tertiary/aromatic N) is 4. The first-order valence-electron chi connectivity index (χ1n) is 21.2. The van der Waals surface area contributed by atoms with Crippen LogP contribution in [-0.2, 0) is 17.6 Å². The minimum Gasteiger partial charge on any atom is -0.493 e. The highest BCUT2D eigenvalue weighted by molar-refractivity contribution is 5.95. The Bertz CT molecular complexity index is 2660. The van der Waals surface area contributed by atoms with Crippen molar-refractivity contribution in [2.24, 2.45) is 0 Å². The largest absolute Gasteiger partial charge is 0.493 e. The Labute approximate surface area is 356 Å². The van der Waals surface area contributed by atoms with Crippen molar-refractivity contribution in [1.29, 1.82) is 0 Å². The van der Waals surface area contributed by atoms with E-state index in [1.807, 2.05) is 42.2 Å². The summed E-state index contributed by atoms with van der Waals surface area (Å²) in [5.74, 6) is -2.64. The quantitative estimate of drug-likeness (QED) is 0.0892. The summed E-state index contributed by atoms with van der Waals surface area (Å²) in [5.41, 5.74) is 1.64. The van der Waals surface area contributed by atoms with Gasteiger partial charge < -0.3 is 19.5 Å². The van der Waals surface area contributed by atoms with Gasteiger partial charge in [0.25, 0.3) is 11.5 Å². The van der Waals surface area contributed by atoms with Gasteiger partial charge in [-0.05, 0) is 81.8 Å². The van der Waals surface area contributed by atoms with Gasteiger partial charge in [-0.25, -0.2) is 22.7 Å². The van der Waals surface area contributed by atoms with E-state index in [0.29, 0.717) is 66.5 Å². The lowest BCUT2D eigenvalue weighted by Crippen LogP contribution is -2.50. The maximum Gasteiger partial charge on any atom is 0.272 e. The number of carbonyl (C=O) groups excluding carboxylic acids is 2. The first kappa shape index (κ1) is 42.7. The van der Waals surface area contributed by atoms with Crippen molar-refractivity contribution >= 4 is 33.5 Å². The molecule has 4 heterocycles. The normalized spacial score (nSPS) is 17.1. The van der Waals surface area contributed by atoms with E-state index in [-0.39, 0.29) is 73.5 Å². The third-order valence-corrected chi connectivity index (χ3v) is 12.0. The van der Waals surface area contributed by atoms with Crippen LogP contribution in [0.4, 0.5) is 17.6 Å². The van der Waals surface area contributed by atoms with Gasteiger partial charge in [0.15, 0.2) is 0 Å². The van der Waals surface area contributed by atoms with Gasteiger partial charge in [-0.3, -0.25) is 19.3 Å². The average molecular weight is 851 g/mol. The van der Waals surface area contributed by atoms with E-state index < -0.39 is 35.1 Å². The maximum atomic E-state index is 16.0. The molecule has 1 fully saturated rings. The number of H-pyrrole nitrogens is 2. The van der Waals surface area contributed by atoms with Gasteiger partial charge in [0.1, 0.15) is 28.9 Å². The molecule has 2 atom stereocenters. The highest BCUT2D eigenvalue weighted by atomic mass is 19.1. The number of para-hydroxylation sites is 1. The summed E-state index contributed by atoms with van der Waals surface area (Å²) in [4.78, 5) is 47.2. The molecular weight excluding hydrogens is 801 g/mol. The SMILES string of the molecule is C[C@@H]1Cc2c([nH]c3ccccc23)[C@@H](c2c(F)cc(OCCCCCC(=O)N3CCN(C(=O)c4cc(Cc5n[nH]c(=O)c6ccccc56)ccc4F)CC3)cc2F)N1CC(C)(C)F. The van der Waals surface area contributed by atoms with Gasteiger partial charge in [0.05, 0.1) is 29.3 Å². The Morgan fingerprint density at radius 1 is 0.839 bits per heavy atom. The second-order valence-corrected chi connectivity index (χ2v) is 17.1. The molecule has 2 amide bonds. The minimum atomic E-state index is -1.60. The number of amides is 2. The smallest absolute Gasteiger partial charge is 0.272 e. The Morgan fingerprint density at radius 3 is 2.24 bits per heavy atom. The lowest BCUT2D eigenvalue weighted by Gasteiger charge is -2.43. The molecule has 0 saturated carbocycles. The van der Waals surface area contributed by atoms with E-state index in [1.165, 1.54) is 38.1 Å². The predicted molar refractivity (Wildman–Crippen MR) is 230 cm³/mol. The van der Waals surface area contributed by atoms with Crippen LogP contribution in [0.2, 0.25) is 0 Å². The predicted octanol–water partition coefficient (Wildman–Crippen LogP) is 8.42. The number of aromatic nitrogens is 3. The Balaban J connectivity index is 0.816. The minimum absolute atomic E-state index is 0.0153. The molecule has 2 aliphatic heterocycles. The third-order valence-electron chi connectivity index (χ3n) is 12.0. The van der Waals surface area contributed by atoms with E-state index >= 15 is 13.2 Å². The number of piperazine rings is 1. The summed E-state index contributed by atoms with van der Waals surface area (Å²) in [5, 5.41) is 8.87. The van der Waals surface area contributed by atoms with Crippen molar-refractivity contribution in [2.45, 2.75) is 77.0 Å². The molecule has 1 saturated heterocycles. The van der Waals surface area contributed by atoms with Crippen LogP contribution in [0.15, 0.2) is 83.7 Å². The van der Waals surface area contributed by atoms with Crippen LogP contribution in [0.5, 0.6) is 5.75 Å². The zero-order valence-corrected chi connectivity index (χ0v) is 35.1. The second-order valence-electron chi connectivity index (χ2n) is 17.1. The molecule has 324 valence electrons. The summed E-state index contributed by atoms with van der Waals surface area (Å²) >= 11 is 0. The summed E-state index contributed by atoms with van der Waals surface area (Å²) in [6, 6.07) is 20.5. The van der Waals surface area contributed by atoms with Crippen molar-refractivity contribution in [2.75, 3.05) is 39.3 Å². The summed E-state index contributed by atoms with van der Waals surface area (Å²) in [6.07, 6.45) is 2.95. The third kappa shape index (κ3) is 8.97. The van der Waals surface area contributed by atoms with Crippen LogP contribution in [0.25, 0.3) is 21.7 Å². The standard InChI is InChI=1S/C48H50F4N6O4/c1-29-23-35-33-12-8-9-14-40(33)53-44(35)45(58(29)28-48(2,3)52)43-38(50)26-31(27-39(43)51)62-22-10-4-5-15-42(59)56-18-20-57(21-19-56)47(61)36-24-30(16-17-37(36)49)25-41-32-11-6-7-13-34(32)46(60)55-54-41/h6-9,11-14,16-17,24,26-27,29,45,53H,4-5,10,15,18-23,25,28H2,1-3H3,(H,55,60)/t29-,45-/m1/s1. The van der Waals surface area contributed by atoms with Crippen molar-refractivity contribution in [3.8, 4) is 5.75 Å². The number of nitrogens with one attached hydrogen (secondary N) is 2. The fourth-order valence-electron chi connectivity index (χ4n) is 8.98. The van der Waals surface area contributed by atoms with Gasteiger partial charge in [0.2, 0.25) is 5.91 Å². The van der Waals surface area contributed by atoms with Gasteiger partial charge >= 0.3 is 0 Å². The highest BCUT2D eigenvalue weighted by Crippen LogP contribution is 2.44. The Morgan fingerprint density at radius 2 is 1.52 bits per heavy atom. The first-order chi connectivity index (χ1) is 29.8. The summed E-state index contributed by atoms with van der Waals surface area (Å²) in [7, 11) is 0. The number of ether oxygens (including phenoxy) is 1. The summed E-state index contributed by atoms with van der Waals surface area (Å²) < 4.78 is 68.0. The Kier molecular flexibility index (Phi) is 12.2. The molecule has 4 aromatic carbocycles. The molecular formula is C48H50F4N6O4. The monoisotopic (exact) mass is 850 g/mol. The van der Waals surface area contributed by atoms with Crippen molar-refractivity contribution in [3.63, 3.8) is 0 Å². The van der Waals surface area contributed by atoms with Crippen LogP contribution in [0.1, 0.15) is 90.9 Å². The van der Waals surface area contributed by atoms with Crippen molar-refractivity contribution in [3.05, 3.63) is 140 Å². The van der Waals surface area contributed by atoms with Crippen molar-refractivity contribution < 1.29 is 31.9 Å². The first-order valence-corrected chi connectivity index (χ1v) is 21.2. The number of alkyl halides is 1. The zero-order valence-electron chi connectivity index (χ0n) is 35.1. The molecule has 2 N–H and O–H groups in total. The molecule has 0 aliphatic carbocycles. The molecule has 2 aliphatic rings. The molecule has 0 bridgehead atoms. The molecule has 0 radical (unpaired) electrons. The Hall–Kier alpha value is -6.02. The molecule has 0 unspecified atom stereocenters. The summed E-state index contributed by atoms with van der Waals surface area (Å²) in [6.45, 7) is 6.22. The average Bonchev–Trinajstić information content (AvgIpc) is 3.61. The fraction of sp³-hybridized carbons (Fsp3) is 0.375.